The zero-order valence-corrected chi connectivity index (χ0v) is 15.2. The first-order chi connectivity index (χ1) is 12.6. The van der Waals surface area contributed by atoms with Crippen molar-refractivity contribution in [3.8, 4) is 5.75 Å². The van der Waals surface area contributed by atoms with Crippen molar-refractivity contribution in [2.75, 3.05) is 44.2 Å². The number of carbonyl (C=O) groups excluding carboxylic acids is 1. The van der Waals surface area contributed by atoms with Gasteiger partial charge in [0.05, 0.1) is 12.3 Å². The monoisotopic (exact) mass is 356 g/mol. The number of benzene rings is 2. The number of anilines is 1. The van der Waals surface area contributed by atoms with Crippen LogP contribution in [0.25, 0.3) is 0 Å². The predicted molar refractivity (Wildman–Crippen MR) is 102 cm³/mol. The third kappa shape index (κ3) is 4.82. The molecule has 1 aliphatic rings. The van der Waals surface area contributed by atoms with Crippen LogP contribution in [0.2, 0.25) is 0 Å². The second-order valence-corrected chi connectivity index (χ2v) is 6.57. The van der Waals surface area contributed by atoms with E-state index in [-0.39, 0.29) is 11.6 Å². The van der Waals surface area contributed by atoms with Gasteiger partial charge in [0.1, 0.15) is 11.6 Å². The summed E-state index contributed by atoms with van der Waals surface area (Å²) in [5, 5.41) is 0. The van der Waals surface area contributed by atoms with Crippen LogP contribution < -0.4 is 9.64 Å². The topological polar surface area (TPSA) is 32.8 Å². The van der Waals surface area contributed by atoms with Gasteiger partial charge in [0.25, 0.3) is 0 Å². The van der Waals surface area contributed by atoms with Gasteiger partial charge in [0.2, 0.25) is 0 Å². The summed E-state index contributed by atoms with van der Waals surface area (Å²) < 4.78 is 20.0. The van der Waals surface area contributed by atoms with Gasteiger partial charge in [-0.25, -0.2) is 4.39 Å². The van der Waals surface area contributed by atoms with Crippen molar-refractivity contribution in [1.82, 2.24) is 4.90 Å². The summed E-state index contributed by atoms with van der Waals surface area (Å²) in [5.74, 6) is 0.474. The number of carbonyl (C=O) groups is 1. The van der Waals surface area contributed by atoms with Crippen LogP contribution in [0.5, 0.6) is 5.75 Å². The normalized spacial score (nSPS) is 15.1. The van der Waals surface area contributed by atoms with Gasteiger partial charge in [-0.15, -0.1) is 0 Å². The van der Waals surface area contributed by atoms with Gasteiger partial charge in [-0.3, -0.25) is 9.69 Å². The molecule has 1 heterocycles. The molecular formula is C21H25FN2O2. The second kappa shape index (κ2) is 8.81. The van der Waals surface area contributed by atoms with Gasteiger partial charge in [0.15, 0.2) is 5.78 Å². The minimum Gasteiger partial charge on any atom is -0.494 e. The summed E-state index contributed by atoms with van der Waals surface area (Å²) in [6.07, 6.45) is 0.969. The van der Waals surface area contributed by atoms with Crippen LogP contribution in [0.3, 0.4) is 0 Å². The quantitative estimate of drug-likeness (QED) is 0.560. The average Bonchev–Trinajstić information content (AvgIpc) is 2.66. The molecule has 0 aliphatic carbocycles. The fraction of sp³-hybridized carbons (Fsp3) is 0.381. The molecule has 0 N–H and O–H groups in total. The lowest BCUT2D eigenvalue weighted by atomic mass is 10.1. The summed E-state index contributed by atoms with van der Waals surface area (Å²) in [6, 6.07) is 14.6. The lowest BCUT2D eigenvalue weighted by Gasteiger charge is -2.36. The van der Waals surface area contributed by atoms with Gasteiger partial charge in [-0.2, -0.15) is 0 Å². The molecule has 2 aromatic rings. The highest BCUT2D eigenvalue weighted by atomic mass is 19.1. The first-order valence-corrected chi connectivity index (χ1v) is 9.09. The van der Waals surface area contributed by atoms with E-state index in [9.17, 15) is 9.18 Å². The van der Waals surface area contributed by atoms with E-state index < -0.39 is 0 Å². The number of Topliss-reactive ketones (excluding diaryl/α,β-unsaturated/α-hetero) is 1. The third-order valence-corrected chi connectivity index (χ3v) is 4.70. The molecule has 4 nitrogen and oxygen atoms in total. The zero-order valence-electron chi connectivity index (χ0n) is 15.2. The molecule has 0 atom stereocenters. The van der Waals surface area contributed by atoms with Crippen molar-refractivity contribution in [1.29, 1.82) is 0 Å². The lowest BCUT2D eigenvalue weighted by Crippen LogP contribution is -2.47. The Bertz CT molecular complexity index is 728. The van der Waals surface area contributed by atoms with E-state index in [4.69, 9.17) is 4.74 Å². The second-order valence-electron chi connectivity index (χ2n) is 6.57. The van der Waals surface area contributed by atoms with Crippen molar-refractivity contribution in [3.05, 3.63) is 59.9 Å². The highest BCUT2D eigenvalue weighted by Gasteiger charge is 2.19. The highest BCUT2D eigenvalue weighted by molar-refractivity contribution is 5.94. The Morgan fingerprint density at radius 1 is 1.08 bits per heavy atom. The SMILES string of the molecule is CC(=O)c1ccc(N2CCN(CCCOc3ccccc3)CC2)c(F)c1. The molecule has 1 saturated heterocycles. The van der Waals surface area contributed by atoms with Crippen LogP contribution in [-0.4, -0.2) is 50.0 Å². The molecule has 0 aromatic heterocycles. The van der Waals surface area contributed by atoms with Crippen molar-refractivity contribution >= 4 is 11.5 Å². The Balaban J connectivity index is 1.42. The molecule has 2 aromatic carbocycles. The number of nitrogens with zero attached hydrogens (tertiary/aromatic N) is 2. The summed E-state index contributed by atoms with van der Waals surface area (Å²) in [5.41, 5.74) is 1.00. The first kappa shape index (κ1) is 18.4. The van der Waals surface area contributed by atoms with Gasteiger partial charge in [0, 0.05) is 38.3 Å². The number of rotatable bonds is 7. The number of piperazine rings is 1. The van der Waals surface area contributed by atoms with Crippen molar-refractivity contribution in [2.24, 2.45) is 0 Å². The van der Waals surface area contributed by atoms with Gasteiger partial charge in [-0.1, -0.05) is 18.2 Å². The van der Waals surface area contributed by atoms with E-state index >= 15 is 0 Å². The molecule has 0 radical (unpaired) electrons. The van der Waals surface area contributed by atoms with E-state index in [1.165, 1.54) is 13.0 Å². The Kier molecular flexibility index (Phi) is 6.23. The maximum absolute atomic E-state index is 14.3. The van der Waals surface area contributed by atoms with Crippen LogP contribution in [0, 0.1) is 5.82 Å². The van der Waals surface area contributed by atoms with E-state index in [0.29, 0.717) is 17.9 Å². The van der Waals surface area contributed by atoms with Gasteiger partial charge < -0.3 is 9.64 Å². The fourth-order valence-electron chi connectivity index (χ4n) is 3.19. The van der Waals surface area contributed by atoms with E-state index in [1.54, 1.807) is 12.1 Å². The Labute approximate surface area is 154 Å². The number of ether oxygens (including phenoxy) is 1. The molecule has 1 fully saturated rings. The van der Waals surface area contributed by atoms with Crippen LogP contribution in [0.15, 0.2) is 48.5 Å². The van der Waals surface area contributed by atoms with Crippen LogP contribution in [0.1, 0.15) is 23.7 Å². The molecule has 0 amide bonds. The number of para-hydroxylation sites is 1. The van der Waals surface area contributed by atoms with Crippen LogP contribution in [-0.2, 0) is 0 Å². The summed E-state index contributed by atoms with van der Waals surface area (Å²) in [4.78, 5) is 15.8. The molecule has 0 bridgehead atoms. The molecule has 3 rings (SSSR count). The van der Waals surface area contributed by atoms with E-state index in [0.717, 1.165) is 44.9 Å². The first-order valence-electron chi connectivity index (χ1n) is 9.09. The number of hydrogen-bond acceptors (Lipinski definition) is 4. The molecule has 0 saturated carbocycles. The minimum absolute atomic E-state index is 0.113. The molecule has 5 heteroatoms. The van der Waals surface area contributed by atoms with Crippen molar-refractivity contribution in [3.63, 3.8) is 0 Å². The maximum atomic E-state index is 14.3. The standard InChI is InChI=1S/C21H25FN2O2/c1-17(25)18-8-9-21(20(22)16-18)24-13-11-23(12-14-24)10-5-15-26-19-6-3-2-4-7-19/h2-4,6-9,16H,5,10-15H2,1H3. The maximum Gasteiger partial charge on any atom is 0.159 e. The Morgan fingerprint density at radius 2 is 1.81 bits per heavy atom. The van der Waals surface area contributed by atoms with Crippen LogP contribution in [0.4, 0.5) is 10.1 Å². The van der Waals surface area contributed by atoms with Gasteiger partial charge in [-0.05, 0) is 43.7 Å². The summed E-state index contributed by atoms with van der Waals surface area (Å²) >= 11 is 0. The molecule has 138 valence electrons. The summed E-state index contributed by atoms with van der Waals surface area (Å²) in [7, 11) is 0. The summed E-state index contributed by atoms with van der Waals surface area (Å²) in [6.45, 7) is 6.51. The number of ketones is 1. The smallest absolute Gasteiger partial charge is 0.159 e. The fourth-order valence-corrected chi connectivity index (χ4v) is 3.19. The minimum atomic E-state index is -0.317. The zero-order chi connectivity index (χ0) is 18.4. The lowest BCUT2D eigenvalue weighted by molar-refractivity contribution is 0.101. The van der Waals surface area contributed by atoms with Crippen molar-refractivity contribution < 1.29 is 13.9 Å². The molecule has 0 spiro atoms. The van der Waals surface area contributed by atoms with E-state index in [1.807, 2.05) is 30.3 Å². The van der Waals surface area contributed by atoms with Gasteiger partial charge >= 0.3 is 0 Å². The predicted octanol–water partition coefficient (Wildman–Crippen LogP) is 3.62. The number of halogens is 1. The number of hydrogen-bond donors (Lipinski definition) is 0. The Hall–Kier alpha value is -2.40. The van der Waals surface area contributed by atoms with Crippen LogP contribution >= 0.6 is 0 Å². The van der Waals surface area contributed by atoms with E-state index in [2.05, 4.69) is 9.80 Å². The molecule has 1 aliphatic heterocycles. The molecule has 0 unspecified atom stereocenters. The average molecular weight is 356 g/mol. The molecular weight excluding hydrogens is 331 g/mol. The highest BCUT2D eigenvalue weighted by Crippen LogP contribution is 2.22. The van der Waals surface area contributed by atoms with Crippen molar-refractivity contribution in [2.45, 2.75) is 13.3 Å². The third-order valence-electron chi connectivity index (χ3n) is 4.70. The largest absolute Gasteiger partial charge is 0.494 e. The Morgan fingerprint density at radius 3 is 2.46 bits per heavy atom. The molecule has 26 heavy (non-hydrogen) atoms.